The van der Waals surface area contributed by atoms with Gasteiger partial charge in [-0.05, 0) is 36.4 Å². The molecule has 0 aliphatic carbocycles. The van der Waals surface area contributed by atoms with Crippen LogP contribution in [-0.4, -0.2) is 11.6 Å². The predicted octanol–water partition coefficient (Wildman–Crippen LogP) is 5.91. The molecule has 0 heterocycles. The van der Waals surface area contributed by atoms with E-state index in [4.69, 9.17) is 34.8 Å². The number of aliphatic imine (C=N–C) groups is 1. The van der Waals surface area contributed by atoms with Crippen LogP contribution in [0.1, 0.15) is 20.8 Å². The van der Waals surface area contributed by atoms with Gasteiger partial charge < -0.3 is 0 Å². The van der Waals surface area contributed by atoms with E-state index in [-0.39, 0.29) is 11.6 Å². The Morgan fingerprint density at radius 1 is 1.00 bits per heavy atom. The molecule has 0 unspecified atom stereocenters. The quantitative estimate of drug-likeness (QED) is 0.382. The van der Waals surface area contributed by atoms with E-state index in [0.717, 1.165) is 0 Å². The largest absolute Gasteiger partial charge is 0.299 e. The lowest BCUT2D eigenvalue weighted by Gasteiger charge is -2.20. The number of hydrazine groups is 1. The lowest BCUT2D eigenvalue weighted by molar-refractivity contribution is -0.119. The van der Waals surface area contributed by atoms with Crippen molar-refractivity contribution >= 4 is 57.8 Å². The molecular weight excluding hydrogens is 381 g/mol. The molecule has 0 saturated carbocycles. The predicted molar refractivity (Wildman–Crippen MR) is 106 cm³/mol. The number of ketones is 1. The van der Waals surface area contributed by atoms with Crippen LogP contribution in [0.3, 0.4) is 0 Å². The van der Waals surface area contributed by atoms with Crippen molar-refractivity contribution in [3.05, 3.63) is 57.5 Å². The molecule has 0 aliphatic heterocycles. The van der Waals surface area contributed by atoms with Crippen molar-refractivity contribution in [1.29, 1.82) is 0 Å². The summed E-state index contributed by atoms with van der Waals surface area (Å²) in [4.78, 5) is 17.1. The Kier molecular flexibility index (Phi) is 6.33. The van der Waals surface area contributed by atoms with Crippen LogP contribution in [0.2, 0.25) is 15.1 Å². The van der Waals surface area contributed by atoms with Crippen molar-refractivity contribution in [2.75, 3.05) is 5.43 Å². The van der Waals surface area contributed by atoms with Crippen molar-refractivity contribution in [2.24, 2.45) is 10.4 Å². The summed E-state index contributed by atoms with van der Waals surface area (Å²) in [6.07, 6.45) is 0. The zero-order valence-corrected chi connectivity index (χ0v) is 16.3. The molecule has 0 bridgehead atoms. The molecule has 2 rings (SSSR count). The van der Waals surface area contributed by atoms with Crippen molar-refractivity contribution in [3.8, 4) is 0 Å². The second kappa shape index (κ2) is 8.09. The maximum Gasteiger partial charge on any atom is 0.204 e. The van der Waals surface area contributed by atoms with Crippen molar-refractivity contribution in [1.82, 2.24) is 5.43 Å². The molecule has 0 atom stereocenters. The first-order valence-electron chi connectivity index (χ1n) is 7.53. The number of benzene rings is 2. The van der Waals surface area contributed by atoms with Crippen molar-refractivity contribution < 1.29 is 4.79 Å². The van der Waals surface area contributed by atoms with Crippen molar-refractivity contribution in [3.63, 3.8) is 0 Å². The van der Waals surface area contributed by atoms with Crippen LogP contribution in [0.25, 0.3) is 0 Å². The summed E-state index contributed by atoms with van der Waals surface area (Å²) in [5.41, 5.74) is 6.42. The standard InChI is InChI=1S/C18H18Cl3N3O/c1-18(2,3)16(25)17(22-12-7-8-14(20)15(21)10-12)24-23-13-6-4-5-11(19)9-13/h4-10,23H,1-3H3,(H,22,24). The van der Waals surface area contributed by atoms with Gasteiger partial charge in [0, 0.05) is 10.4 Å². The number of rotatable bonds is 4. The van der Waals surface area contributed by atoms with Crippen LogP contribution in [0.5, 0.6) is 0 Å². The number of halogens is 3. The lowest BCUT2D eigenvalue weighted by atomic mass is 9.90. The van der Waals surface area contributed by atoms with Gasteiger partial charge >= 0.3 is 0 Å². The average molecular weight is 399 g/mol. The first kappa shape index (κ1) is 19.6. The minimum atomic E-state index is -0.613. The van der Waals surface area contributed by atoms with Gasteiger partial charge in [-0.15, -0.1) is 0 Å². The number of carbonyl (C=O) groups excluding carboxylic acids is 1. The highest BCUT2D eigenvalue weighted by atomic mass is 35.5. The minimum absolute atomic E-state index is 0.158. The fourth-order valence-corrected chi connectivity index (χ4v) is 2.35. The van der Waals surface area contributed by atoms with Gasteiger partial charge in [0.25, 0.3) is 0 Å². The molecule has 2 N–H and O–H groups in total. The number of hydrogen-bond acceptors (Lipinski definition) is 3. The fourth-order valence-electron chi connectivity index (χ4n) is 1.87. The zero-order chi connectivity index (χ0) is 18.6. The Morgan fingerprint density at radius 3 is 2.32 bits per heavy atom. The molecule has 2 aromatic rings. The van der Waals surface area contributed by atoms with Gasteiger partial charge in [0.15, 0.2) is 5.84 Å². The highest BCUT2D eigenvalue weighted by Crippen LogP contribution is 2.27. The smallest absolute Gasteiger partial charge is 0.204 e. The Labute approximate surface area is 162 Å². The van der Waals surface area contributed by atoms with E-state index < -0.39 is 5.41 Å². The van der Waals surface area contributed by atoms with E-state index in [1.807, 2.05) is 26.8 Å². The van der Waals surface area contributed by atoms with Crippen LogP contribution in [-0.2, 0) is 4.79 Å². The summed E-state index contributed by atoms with van der Waals surface area (Å²) < 4.78 is 0. The number of anilines is 1. The Bertz CT molecular complexity index is 813. The average Bonchev–Trinajstić information content (AvgIpc) is 2.53. The summed E-state index contributed by atoms with van der Waals surface area (Å²) in [7, 11) is 0. The summed E-state index contributed by atoms with van der Waals surface area (Å²) in [5, 5.41) is 1.37. The first-order chi connectivity index (χ1) is 11.7. The Morgan fingerprint density at radius 2 is 1.72 bits per heavy atom. The topological polar surface area (TPSA) is 53.5 Å². The molecule has 132 valence electrons. The monoisotopic (exact) mass is 397 g/mol. The molecule has 0 aromatic heterocycles. The Hall–Kier alpha value is -1.75. The number of hydrogen-bond donors (Lipinski definition) is 2. The third-order valence-electron chi connectivity index (χ3n) is 3.19. The number of nitrogens with one attached hydrogen (secondary N) is 2. The van der Waals surface area contributed by atoms with Crippen molar-refractivity contribution in [2.45, 2.75) is 20.8 Å². The molecule has 0 aliphatic rings. The van der Waals surface area contributed by atoms with Gasteiger partial charge in [-0.1, -0.05) is 61.6 Å². The highest BCUT2D eigenvalue weighted by molar-refractivity contribution is 6.42. The van der Waals surface area contributed by atoms with Gasteiger partial charge in [0.1, 0.15) is 0 Å². The number of carbonyl (C=O) groups is 1. The van der Waals surface area contributed by atoms with E-state index >= 15 is 0 Å². The normalized spacial score (nSPS) is 12.0. The molecule has 0 fully saturated rings. The van der Waals surface area contributed by atoms with Gasteiger partial charge in [0.2, 0.25) is 5.78 Å². The second-order valence-corrected chi connectivity index (χ2v) is 7.65. The van der Waals surface area contributed by atoms with E-state index in [1.165, 1.54) is 0 Å². The summed E-state index contributed by atoms with van der Waals surface area (Å²) in [6.45, 7) is 5.46. The molecule has 2 aromatic carbocycles. The number of amidine groups is 1. The molecule has 4 nitrogen and oxygen atoms in total. The second-order valence-electron chi connectivity index (χ2n) is 6.40. The summed E-state index contributed by atoms with van der Waals surface area (Å²) in [6, 6.07) is 12.0. The van der Waals surface area contributed by atoms with Gasteiger partial charge in [0.05, 0.1) is 21.4 Å². The highest BCUT2D eigenvalue weighted by Gasteiger charge is 2.26. The molecule has 25 heavy (non-hydrogen) atoms. The summed E-state index contributed by atoms with van der Waals surface area (Å²) in [5.74, 6) is -0.000958. The lowest BCUT2D eigenvalue weighted by Crippen LogP contribution is -2.41. The maximum atomic E-state index is 12.7. The van der Waals surface area contributed by atoms with Gasteiger partial charge in [-0.3, -0.25) is 15.6 Å². The Balaban J connectivity index is 2.30. The third kappa shape index (κ3) is 5.63. The molecule has 0 saturated heterocycles. The molecule has 0 amide bonds. The van der Waals surface area contributed by atoms with E-state index in [2.05, 4.69) is 15.8 Å². The van der Waals surface area contributed by atoms with E-state index in [1.54, 1.807) is 36.4 Å². The van der Waals surface area contributed by atoms with E-state index in [0.29, 0.717) is 26.4 Å². The SMILES string of the molecule is CC(C)(C)C(=O)C(=Nc1ccc(Cl)c(Cl)c1)NNc1cccc(Cl)c1. The molecular formula is C18H18Cl3N3O. The first-order valence-corrected chi connectivity index (χ1v) is 8.66. The fraction of sp³-hybridized carbons (Fsp3) is 0.222. The van der Waals surface area contributed by atoms with Crippen LogP contribution in [0.4, 0.5) is 11.4 Å². The molecule has 7 heteroatoms. The maximum absolute atomic E-state index is 12.7. The minimum Gasteiger partial charge on any atom is -0.299 e. The van der Waals surface area contributed by atoms with E-state index in [9.17, 15) is 4.79 Å². The molecule has 0 radical (unpaired) electrons. The van der Waals surface area contributed by atoms with Crippen LogP contribution < -0.4 is 10.9 Å². The summed E-state index contributed by atoms with van der Waals surface area (Å²) >= 11 is 17.9. The van der Waals surface area contributed by atoms with Gasteiger partial charge in [-0.2, -0.15) is 0 Å². The van der Waals surface area contributed by atoms with Crippen LogP contribution >= 0.6 is 34.8 Å². The number of nitrogens with zero attached hydrogens (tertiary/aromatic N) is 1. The third-order valence-corrected chi connectivity index (χ3v) is 4.16. The van der Waals surface area contributed by atoms with Crippen LogP contribution in [0, 0.1) is 5.41 Å². The van der Waals surface area contributed by atoms with Crippen LogP contribution in [0.15, 0.2) is 47.5 Å². The number of Topliss-reactive ketones (excluding diaryl/α,β-unsaturated/α-hetero) is 1. The molecule has 0 spiro atoms. The van der Waals surface area contributed by atoms with Gasteiger partial charge in [-0.25, -0.2) is 4.99 Å². The zero-order valence-electron chi connectivity index (χ0n) is 14.0.